The summed E-state index contributed by atoms with van der Waals surface area (Å²) < 4.78 is 7.68. The molecular formula is C20H22N2O2. The highest BCUT2D eigenvalue weighted by Crippen LogP contribution is 2.27. The number of benzene rings is 2. The van der Waals surface area contributed by atoms with Crippen LogP contribution in [0.25, 0.3) is 16.9 Å². The Bertz CT molecular complexity index is 794. The number of para-hydroxylation sites is 1. The summed E-state index contributed by atoms with van der Waals surface area (Å²) in [4.78, 5) is 0. The van der Waals surface area contributed by atoms with E-state index < -0.39 is 0 Å². The molecule has 0 saturated carbocycles. The summed E-state index contributed by atoms with van der Waals surface area (Å²) in [6.45, 7) is 4.85. The van der Waals surface area contributed by atoms with Crippen LogP contribution in [0.3, 0.4) is 0 Å². The SMILES string of the molecule is CC(C)COc1cccc(-c2cc(CO)nn2-c2ccccc2)c1. The second-order valence-electron chi connectivity index (χ2n) is 6.16. The first-order chi connectivity index (χ1) is 11.7. The van der Waals surface area contributed by atoms with Crippen molar-refractivity contribution in [3.05, 3.63) is 66.4 Å². The molecular weight excluding hydrogens is 300 g/mol. The van der Waals surface area contributed by atoms with Crippen LogP contribution in [-0.4, -0.2) is 21.5 Å². The lowest BCUT2D eigenvalue weighted by Gasteiger charge is -2.11. The first-order valence-corrected chi connectivity index (χ1v) is 8.16. The number of rotatable bonds is 6. The van der Waals surface area contributed by atoms with Gasteiger partial charge in [-0.25, -0.2) is 4.68 Å². The first kappa shape index (κ1) is 16.3. The minimum atomic E-state index is -0.0869. The van der Waals surface area contributed by atoms with Gasteiger partial charge in [0.1, 0.15) is 5.75 Å². The minimum absolute atomic E-state index is 0.0869. The normalized spacial score (nSPS) is 11.0. The minimum Gasteiger partial charge on any atom is -0.493 e. The summed E-state index contributed by atoms with van der Waals surface area (Å²) in [5.41, 5.74) is 3.54. The highest BCUT2D eigenvalue weighted by atomic mass is 16.5. The monoisotopic (exact) mass is 322 g/mol. The van der Waals surface area contributed by atoms with Gasteiger partial charge in [0, 0.05) is 5.56 Å². The number of aromatic nitrogens is 2. The van der Waals surface area contributed by atoms with E-state index in [1.807, 2.05) is 65.3 Å². The second-order valence-corrected chi connectivity index (χ2v) is 6.16. The van der Waals surface area contributed by atoms with Gasteiger partial charge in [0.05, 0.1) is 30.3 Å². The Balaban J connectivity index is 2.00. The van der Waals surface area contributed by atoms with Crippen molar-refractivity contribution in [2.24, 2.45) is 5.92 Å². The van der Waals surface area contributed by atoms with E-state index in [1.54, 1.807) is 0 Å². The second kappa shape index (κ2) is 7.32. The predicted octanol–water partition coefficient (Wildman–Crippen LogP) is 4.07. The van der Waals surface area contributed by atoms with E-state index in [0.29, 0.717) is 18.2 Å². The van der Waals surface area contributed by atoms with Gasteiger partial charge in [-0.1, -0.05) is 44.2 Å². The van der Waals surface area contributed by atoms with Crippen molar-refractivity contribution >= 4 is 0 Å². The van der Waals surface area contributed by atoms with Crippen LogP contribution in [0, 0.1) is 5.92 Å². The summed E-state index contributed by atoms with van der Waals surface area (Å²) in [5, 5.41) is 14.0. The standard InChI is InChI=1S/C20H22N2O2/c1-15(2)14-24-19-10-6-7-16(11-19)20-12-17(13-23)21-22(20)18-8-4-3-5-9-18/h3-12,15,23H,13-14H2,1-2H3. The summed E-state index contributed by atoms with van der Waals surface area (Å²) in [6.07, 6.45) is 0. The molecule has 1 N–H and O–H groups in total. The summed E-state index contributed by atoms with van der Waals surface area (Å²) >= 11 is 0. The van der Waals surface area contributed by atoms with E-state index in [4.69, 9.17) is 4.74 Å². The number of aliphatic hydroxyl groups is 1. The van der Waals surface area contributed by atoms with Crippen LogP contribution in [0.15, 0.2) is 60.7 Å². The first-order valence-electron chi connectivity index (χ1n) is 8.16. The fourth-order valence-corrected chi connectivity index (χ4v) is 2.49. The Morgan fingerprint density at radius 1 is 1.04 bits per heavy atom. The average Bonchev–Trinajstić information content (AvgIpc) is 3.05. The zero-order valence-electron chi connectivity index (χ0n) is 14.0. The Labute approximate surface area is 142 Å². The van der Waals surface area contributed by atoms with Crippen LogP contribution in [0.2, 0.25) is 0 Å². The molecule has 0 fully saturated rings. The van der Waals surface area contributed by atoms with Crippen molar-refractivity contribution in [3.63, 3.8) is 0 Å². The van der Waals surface area contributed by atoms with E-state index in [1.165, 1.54) is 0 Å². The van der Waals surface area contributed by atoms with Gasteiger partial charge in [-0.05, 0) is 36.2 Å². The van der Waals surface area contributed by atoms with Crippen LogP contribution in [-0.2, 0) is 6.61 Å². The molecule has 0 saturated heterocycles. The Morgan fingerprint density at radius 2 is 1.83 bits per heavy atom. The topological polar surface area (TPSA) is 47.3 Å². The lowest BCUT2D eigenvalue weighted by molar-refractivity contribution is 0.271. The van der Waals surface area contributed by atoms with Crippen molar-refractivity contribution in [3.8, 4) is 22.7 Å². The van der Waals surface area contributed by atoms with Crippen LogP contribution >= 0.6 is 0 Å². The van der Waals surface area contributed by atoms with E-state index in [2.05, 4.69) is 18.9 Å². The molecule has 2 aromatic carbocycles. The molecule has 0 radical (unpaired) electrons. The molecule has 124 valence electrons. The Morgan fingerprint density at radius 3 is 2.54 bits per heavy atom. The molecule has 1 aromatic heterocycles. The van der Waals surface area contributed by atoms with Crippen molar-refractivity contribution in [2.75, 3.05) is 6.61 Å². The van der Waals surface area contributed by atoms with E-state index in [-0.39, 0.29) is 6.61 Å². The molecule has 0 aliphatic carbocycles. The van der Waals surface area contributed by atoms with Crippen LogP contribution in [0.5, 0.6) is 5.75 Å². The van der Waals surface area contributed by atoms with E-state index >= 15 is 0 Å². The van der Waals surface area contributed by atoms with Gasteiger partial charge in [-0.15, -0.1) is 0 Å². The fourth-order valence-electron chi connectivity index (χ4n) is 2.49. The summed E-state index contributed by atoms with van der Waals surface area (Å²) in [5.74, 6) is 1.32. The number of nitrogens with zero attached hydrogens (tertiary/aromatic N) is 2. The smallest absolute Gasteiger partial charge is 0.119 e. The molecule has 3 aromatic rings. The third kappa shape index (κ3) is 3.66. The van der Waals surface area contributed by atoms with Gasteiger partial charge in [-0.3, -0.25) is 0 Å². The lowest BCUT2D eigenvalue weighted by atomic mass is 10.1. The molecule has 0 unspecified atom stereocenters. The van der Waals surface area contributed by atoms with Gasteiger partial charge in [0.15, 0.2) is 0 Å². The maximum Gasteiger partial charge on any atom is 0.119 e. The number of hydrogen-bond acceptors (Lipinski definition) is 3. The zero-order chi connectivity index (χ0) is 16.9. The highest BCUT2D eigenvalue weighted by Gasteiger charge is 2.12. The molecule has 0 spiro atoms. The van der Waals surface area contributed by atoms with E-state index in [0.717, 1.165) is 22.7 Å². The van der Waals surface area contributed by atoms with Crippen molar-refractivity contribution < 1.29 is 9.84 Å². The molecule has 0 amide bonds. The van der Waals surface area contributed by atoms with Gasteiger partial charge in [-0.2, -0.15) is 5.10 Å². The Kier molecular flexibility index (Phi) is 4.96. The fraction of sp³-hybridized carbons (Fsp3) is 0.250. The quantitative estimate of drug-likeness (QED) is 0.744. The molecule has 0 aliphatic heterocycles. The van der Waals surface area contributed by atoms with E-state index in [9.17, 15) is 5.11 Å². The highest BCUT2D eigenvalue weighted by molar-refractivity contribution is 5.64. The van der Waals surface area contributed by atoms with Crippen LogP contribution in [0.4, 0.5) is 0 Å². The third-order valence-corrected chi connectivity index (χ3v) is 3.64. The van der Waals surface area contributed by atoms with Gasteiger partial charge in [0.2, 0.25) is 0 Å². The number of ether oxygens (including phenoxy) is 1. The van der Waals surface area contributed by atoms with Gasteiger partial charge in [0.25, 0.3) is 0 Å². The molecule has 0 aliphatic rings. The molecule has 4 heteroatoms. The van der Waals surface area contributed by atoms with Crippen LogP contribution < -0.4 is 4.74 Å². The molecule has 0 bridgehead atoms. The molecule has 4 nitrogen and oxygen atoms in total. The largest absolute Gasteiger partial charge is 0.493 e. The van der Waals surface area contributed by atoms with Crippen molar-refractivity contribution in [1.29, 1.82) is 0 Å². The maximum absolute atomic E-state index is 9.47. The predicted molar refractivity (Wildman–Crippen MR) is 95.3 cm³/mol. The zero-order valence-corrected chi connectivity index (χ0v) is 14.0. The molecule has 24 heavy (non-hydrogen) atoms. The Hall–Kier alpha value is -2.59. The maximum atomic E-state index is 9.47. The average molecular weight is 322 g/mol. The van der Waals surface area contributed by atoms with Crippen molar-refractivity contribution in [2.45, 2.75) is 20.5 Å². The van der Waals surface area contributed by atoms with Gasteiger partial charge < -0.3 is 9.84 Å². The van der Waals surface area contributed by atoms with Gasteiger partial charge >= 0.3 is 0 Å². The third-order valence-electron chi connectivity index (χ3n) is 3.64. The summed E-state index contributed by atoms with van der Waals surface area (Å²) in [6, 6.07) is 19.8. The molecule has 3 rings (SSSR count). The van der Waals surface area contributed by atoms with Crippen molar-refractivity contribution in [1.82, 2.24) is 9.78 Å². The summed E-state index contributed by atoms with van der Waals surface area (Å²) in [7, 11) is 0. The number of aliphatic hydroxyl groups excluding tert-OH is 1. The molecule has 1 heterocycles. The lowest BCUT2D eigenvalue weighted by Crippen LogP contribution is -2.04. The van der Waals surface area contributed by atoms with Crippen LogP contribution in [0.1, 0.15) is 19.5 Å². The molecule has 0 atom stereocenters. The number of hydrogen-bond donors (Lipinski definition) is 1.